The summed E-state index contributed by atoms with van der Waals surface area (Å²) in [5.41, 5.74) is 6.38. The molecule has 0 spiro atoms. The number of nitrogen functional groups attached to an aromatic ring is 1. The molecular weight excluding hydrogens is 357 g/mol. The van der Waals surface area contributed by atoms with E-state index in [0.29, 0.717) is 22.7 Å². The van der Waals surface area contributed by atoms with Gasteiger partial charge in [-0.25, -0.2) is 4.79 Å². The molecule has 0 unspecified atom stereocenters. The molecule has 2 rings (SSSR count). The van der Waals surface area contributed by atoms with Gasteiger partial charge in [0.05, 0.1) is 12.7 Å². The maximum atomic E-state index is 11.5. The first kappa shape index (κ1) is 13.7. The summed E-state index contributed by atoms with van der Waals surface area (Å²) in [5.74, 6) is 0.752. The molecule has 0 atom stereocenters. The van der Waals surface area contributed by atoms with Gasteiger partial charge in [-0.1, -0.05) is 0 Å². The fourth-order valence-electron chi connectivity index (χ4n) is 1.52. The molecule has 4 nitrogen and oxygen atoms in total. The number of hydrogen-bond donors (Lipinski definition) is 1. The third kappa shape index (κ3) is 3.37. The topological polar surface area (TPSA) is 61.5 Å². The lowest BCUT2D eigenvalue weighted by Crippen LogP contribution is -2.05. The fraction of sp³-hybridized carbons (Fsp3) is 0.0714. The maximum Gasteiger partial charge on any atom is 0.340 e. The number of ether oxygens (including phenoxy) is 2. The van der Waals surface area contributed by atoms with Crippen molar-refractivity contribution in [2.45, 2.75) is 0 Å². The number of methoxy groups -OCH3 is 1. The Balaban J connectivity index is 2.26. The number of hydrogen-bond acceptors (Lipinski definition) is 4. The van der Waals surface area contributed by atoms with Gasteiger partial charge in [-0.2, -0.15) is 0 Å². The predicted octanol–water partition coefficient (Wildman–Crippen LogP) is 3.45. The van der Waals surface area contributed by atoms with E-state index in [-0.39, 0.29) is 0 Å². The second-order valence-corrected chi connectivity index (χ2v) is 5.04. The molecule has 0 radical (unpaired) electrons. The van der Waals surface area contributed by atoms with Crippen molar-refractivity contribution in [2.24, 2.45) is 0 Å². The molecule has 98 valence electrons. The van der Waals surface area contributed by atoms with Gasteiger partial charge in [0, 0.05) is 9.26 Å². The molecule has 2 N–H and O–H groups in total. The highest BCUT2D eigenvalue weighted by Gasteiger charge is 2.11. The third-order valence-corrected chi connectivity index (χ3v) is 3.20. The Morgan fingerprint density at radius 1 is 1.11 bits per heavy atom. The van der Waals surface area contributed by atoms with E-state index in [1.165, 1.54) is 7.11 Å². The smallest absolute Gasteiger partial charge is 0.340 e. The SMILES string of the molecule is COC(=O)c1cc(Oc2ccc(I)cc2)ccc1N. The van der Waals surface area contributed by atoms with Gasteiger partial charge in [0.2, 0.25) is 0 Å². The molecule has 5 heteroatoms. The van der Waals surface area contributed by atoms with Gasteiger partial charge in [0.25, 0.3) is 0 Å². The van der Waals surface area contributed by atoms with Crippen molar-refractivity contribution in [1.29, 1.82) is 0 Å². The fourth-order valence-corrected chi connectivity index (χ4v) is 1.88. The number of carbonyl (C=O) groups is 1. The monoisotopic (exact) mass is 369 g/mol. The highest BCUT2D eigenvalue weighted by molar-refractivity contribution is 14.1. The van der Waals surface area contributed by atoms with Gasteiger partial charge < -0.3 is 15.2 Å². The number of anilines is 1. The number of carbonyl (C=O) groups excluding carboxylic acids is 1. The minimum atomic E-state index is -0.481. The van der Waals surface area contributed by atoms with Crippen molar-refractivity contribution in [1.82, 2.24) is 0 Å². The van der Waals surface area contributed by atoms with E-state index >= 15 is 0 Å². The zero-order chi connectivity index (χ0) is 13.8. The lowest BCUT2D eigenvalue weighted by molar-refractivity contribution is 0.0601. The van der Waals surface area contributed by atoms with Crippen LogP contribution in [0.5, 0.6) is 11.5 Å². The molecule has 0 aliphatic rings. The zero-order valence-corrected chi connectivity index (χ0v) is 12.4. The van der Waals surface area contributed by atoms with E-state index in [1.807, 2.05) is 24.3 Å². The second kappa shape index (κ2) is 5.92. The molecule has 2 aromatic rings. The first-order valence-corrected chi connectivity index (χ1v) is 6.59. The minimum absolute atomic E-state index is 0.297. The number of esters is 1. The molecule has 0 bridgehead atoms. The Labute approximate surface area is 124 Å². The van der Waals surface area contributed by atoms with Gasteiger partial charge in [0.15, 0.2) is 0 Å². The Morgan fingerprint density at radius 2 is 1.74 bits per heavy atom. The lowest BCUT2D eigenvalue weighted by atomic mass is 10.1. The number of halogens is 1. The van der Waals surface area contributed by atoms with Crippen molar-refractivity contribution in [2.75, 3.05) is 12.8 Å². The molecular formula is C14H12INO3. The van der Waals surface area contributed by atoms with Crippen LogP contribution in [0.25, 0.3) is 0 Å². The Hall–Kier alpha value is -1.76. The van der Waals surface area contributed by atoms with Crippen LogP contribution in [-0.2, 0) is 4.74 Å². The normalized spacial score (nSPS) is 10.0. The predicted molar refractivity (Wildman–Crippen MR) is 81.4 cm³/mol. The summed E-state index contributed by atoms with van der Waals surface area (Å²) in [6.07, 6.45) is 0. The average molecular weight is 369 g/mol. The van der Waals surface area contributed by atoms with E-state index < -0.39 is 5.97 Å². The maximum absolute atomic E-state index is 11.5. The summed E-state index contributed by atoms with van der Waals surface area (Å²) in [4.78, 5) is 11.5. The number of benzene rings is 2. The highest BCUT2D eigenvalue weighted by atomic mass is 127. The van der Waals surface area contributed by atoms with Gasteiger partial charge >= 0.3 is 5.97 Å². The van der Waals surface area contributed by atoms with Crippen LogP contribution in [0.3, 0.4) is 0 Å². The van der Waals surface area contributed by atoms with Gasteiger partial charge in [-0.05, 0) is 65.1 Å². The molecule has 0 fully saturated rings. The van der Waals surface area contributed by atoms with Crippen LogP contribution in [0.15, 0.2) is 42.5 Å². The first-order valence-electron chi connectivity index (χ1n) is 5.51. The van der Waals surface area contributed by atoms with Gasteiger partial charge in [0.1, 0.15) is 11.5 Å². The summed E-state index contributed by atoms with van der Waals surface area (Å²) >= 11 is 2.22. The van der Waals surface area contributed by atoms with Crippen molar-refractivity contribution in [3.05, 3.63) is 51.6 Å². The van der Waals surface area contributed by atoms with Crippen molar-refractivity contribution in [3.8, 4) is 11.5 Å². The molecule has 19 heavy (non-hydrogen) atoms. The van der Waals surface area contributed by atoms with Crippen molar-refractivity contribution >= 4 is 34.2 Å². The summed E-state index contributed by atoms with van der Waals surface area (Å²) in [5, 5.41) is 0. The van der Waals surface area contributed by atoms with E-state index in [9.17, 15) is 4.79 Å². The molecule has 0 aromatic heterocycles. The van der Waals surface area contributed by atoms with E-state index in [4.69, 9.17) is 10.5 Å². The summed E-state index contributed by atoms with van der Waals surface area (Å²) in [6, 6.07) is 12.5. The molecule has 0 heterocycles. The van der Waals surface area contributed by atoms with E-state index in [2.05, 4.69) is 27.3 Å². The standard InChI is InChI=1S/C14H12INO3/c1-18-14(17)12-8-11(6-7-13(12)16)19-10-4-2-9(15)3-5-10/h2-8H,16H2,1H3. The van der Waals surface area contributed by atoms with Gasteiger partial charge in [-0.3, -0.25) is 0 Å². The van der Waals surface area contributed by atoms with Crippen LogP contribution in [0.1, 0.15) is 10.4 Å². The minimum Gasteiger partial charge on any atom is -0.465 e. The summed E-state index contributed by atoms with van der Waals surface area (Å²) in [6.45, 7) is 0. The van der Waals surface area contributed by atoms with Crippen molar-refractivity contribution in [3.63, 3.8) is 0 Å². The molecule has 2 aromatic carbocycles. The van der Waals surface area contributed by atoms with Crippen LogP contribution >= 0.6 is 22.6 Å². The molecule has 0 saturated heterocycles. The largest absolute Gasteiger partial charge is 0.465 e. The number of rotatable bonds is 3. The molecule has 0 saturated carbocycles. The zero-order valence-electron chi connectivity index (χ0n) is 10.2. The van der Waals surface area contributed by atoms with Crippen molar-refractivity contribution < 1.29 is 14.3 Å². The van der Waals surface area contributed by atoms with Crippen LogP contribution in [0, 0.1) is 3.57 Å². The third-order valence-electron chi connectivity index (χ3n) is 2.48. The quantitative estimate of drug-likeness (QED) is 0.512. The van der Waals surface area contributed by atoms with Gasteiger partial charge in [-0.15, -0.1) is 0 Å². The molecule has 0 aliphatic heterocycles. The van der Waals surface area contributed by atoms with E-state index in [1.54, 1.807) is 18.2 Å². The Kier molecular flexibility index (Phi) is 4.26. The van der Waals surface area contributed by atoms with Crippen LogP contribution in [0.2, 0.25) is 0 Å². The second-order valence-electron chi connectivity index (χ2n) is 3.80. The van der Waals surface area contributed by atoms with Crippen LogP contribution in [0.4, 0.5) is 5.69 Å². The van der Waals surface area contributed by atoms with Crippen LogP contribution < -0.4 is 10.5 Å². The summed E-state index contributed by atoms with van der Waals surface area (Å²) in [7, 11) is 1.31. The molecule has 0 aliphatic carbocycles. The average Bonchev–Trinajstić information content (AvgIpc) is 2.42. The van der Waals surface area contributed by atoms with Crippen LogP contribution in [-0.4, -0.2) is 13.1 Å². The Morgan fingerprint density at radius 3 is 2.37 bits per heavy atom. The van der Waals surface area contributed by atoms with E-state index in [0.717, 1.165) is 3.57 Å². The Bertz CT molecular complexity index is 596. The lowest BCUT2D eigenvalue weighted by Gasteiger charge is -2.09. The number of nitrogens with two attached hydrogens (primary N) is 1. The first-order chi connectivity index (χ1) is 9.10. The summed E-state index contributed by atoms with van der Waals surface area (Å²) < 4.78 is 11.4. The molecule has 0 amide bonds. The highest BCUT2D eigenvalue weighted by Crippen LogP contribution is 2.26.